The van der Waals surface area contributed by atoms with E-state index in [0.29, 0.717) is 17.6 Å². The Labute approximate surface area is 157 Å². The number of hydrogen-bond donors (Lipinski definition) is 2. The number of aromatic nitrogens is 3. The maximum absolute atomic E-state index is 12.3. The van der Waals surface area contributed by atoms with Gasteiger partial charge in [0.05, 0.1) is 0 Å². The Hall–Kier alpha value is -2.93. The zero-order chi connectivity index (χ0) is 18.6. The van der Waals surface area contributed by atoms with Crippen LogP contribution in [0.4, 0.5) is 5.95 Å². The summed E-state index contributed by atoms with van der Waals surface area (Å²) in [5.74, 6) is 2.00. The van der Waals surface area contributed by atoms with Crippen molar-refractivity contribution in [2.45, 2.75) is 18.8 Å². The van der Waals surface area contributed by atoms with Gasteiger partial charge in [0.2, 0.25) is 5.95 Å². The molecule has 7 nitrogen and oxygen atoms in total. The van der Waals surface area contributed by atoms with E-state index in [0.717, 1.165) is 42.5 Å². The molecule has 7 heteroatoms. The summed E-state index contributed by atoms with van der Waals surface area (Å²) in [5.41, 5.74) is 0. The molecule has 0 saturated carbocycles. The number of piperidine rings is 1. The normalized spacial score (nSPS) is 15.0. The lowest BCUT2D eigenvalue weighted by Crippen LogP contribution is -2.27. The first-order valence-corrected chi connectivity index (χ1v) is 9.22. The highest BCUT2D eigenvalue weighted by atomic mass is 16.5. The van der Waals surface area contributed by atoms with Gasteiger partial charge in [0, 0.05) is 13.0 Å². The fourth-order valence-corrected chi connectivity index (χ4v) is 3.33. The van der Waals surface area contributed by atoms with Gasteiger partial charge < -0.3 is 10.1 Å². The number of benzene rings is 2. The summed E-state index contributed by atoms with van der Waals surface area (Å²) in [6, 6.07) is 13.8. The third-order valence-corrected chi connectivity index (χ3v) is 4.83. The highest BCUT2D eigenvalue weighted by Gasteiger charge is 2.21. The summed E-state index contributed by atoms with van der Waals surface area (Å²) in [6.45, 7) is 1.88. The van der Waals surface area contributed by atoms with Crippen LogP contribution in [-0.4, -0.2) is 40.4 Å². The van der Waals surface area contributed by atoms with Crippen molar-refractivity contribution in [1.82, 2.24) is 20.1 Å². The van der Waals surface area contributed by atoms with Gasteiger partial charge in [-0.3, -0.25) is 10.1 Å². The molecule has 0 aliphatic carbocycles. The lowest BCUT2D eigenvalue weighted by atomic mass is 9.98. The average Bonchev–Trinajstić information content (AvgIpc) is 3.07. The fourth-order valence-electron chi connectivity index (χ4n) is 3.33. The molecule has 2 aromatic carbocycles. The molecule has 2 N–H and O–H groups in total. The zero-order valence-corrected chi connectivity index (χ0v) is 15.3. The Morgan fingerprint density at radius 3 is 2.81 bits per heavy atom. The zero-order valence-electron chi connectivity index (χ0n) is 15.3. The number of nitrogens with one attached hydrogen (secondary N) is 2. The first kappa shape index (κ1) is 17.5. The second kappa shape index (κ2) is 7.75. The molecule has 4 rings (SSSR count). The maximum atomic E-state index is 12.3. The standard InChI is InChI=1S/C20H23N5O2/c1-25-20(23-19(24-25)15-8-10-21-11-9-15)22-18(26)13-27-17-7-6-14-4-2-3-5-16(14)12-17/h2-7,12,15,21H,8-11,13H2,1H3,(H,22,23,24,26). The van der Waals surface area contributed by atoms with Crippen LogP contribution in [0.2, 0.25) is 0 Å². The van der Waals surface area contributed by atoms with Gasteiger partial charge in [-0.2, -0.15) is 10.1 Å². The average molecular weight is 365 g/mol. The van der Waals surface area contributed by atoms with Crippen molar-refractivity contribution in [3.05, 3.63) is 48.3 Å². The lowest BCUT2D eigenvalue weighted by Gasteiger charge is -2.19. The largest absolute Gasteiger partial charge is 0.484 e. The summed E-state index contributed by atoms with van der Waals surface area (Å²) in [7, 11) is 1.79. The van der Waals surface area contributed by atoms with Crippen LogP contribution in [0.5, 0.6) is 5.75 Å². The van der Waals surface area contributed by atoms with Crippen molar-refractivity contribution < 1.29 is 9.53 Å². The van der Waals surface area contributed by atoms with Gasteiger partial charge in [-0.05, 0) is 48.8 Å². The van der Waals surface area contributed by atoms with Gasteiger partial charge in [-0.15, -0.1) is 0 Å². The molecule has 1 aliphatic heterocycles. The number of ether oxygens (including phenoxy) is 1. The summed E-state index contributed by atoms with van der Waals surface area (Å²) >= 11 is 0. The minimum Gasteiger partial charge on any atom is -0.484 e. The summed E-state index contributed by atoms with van der Waals surface area (Å²) < 4.78 is 7.25. The molecule has 1 aliphatic rings. The van der Waals surface area contributed by atoms with Crippen LogP contribution in [0.25, 0.3) is 10.8 Å². The smallest absolute Gasteiger partial charge is 0.264 e. The van der Waals surface area contributed by atoms with Crippen molar-refractivity contribution in [1.29, 1.82) is 0 Å². The maximum Gasteiger partial charge on any atom is 0.264 e. The Morgan fingerprint density at radius 1 is 1.22 bits per heavy atom. The van der Waals surface area contributed by atoms with Crippen molar-refractivity contribution >= 4 is 22.6 Å². The highest BCUT2D eigenvalue weighted by Crippen LogP contribution is 2.23. The van der Waals surface area contributed by atoms with Crippen LogP contribution < -0.4 is 15.4 Å². The molecule has 0 atom stereocenters. The minimum atomic E-state index is -0.254. The molecule has 1 aromatic heterocycles. The van der Waals surface area contributed by atoms with E-state index in [1.165, 1.54) is 0 Å². The fraction of sp³-hybridized carbons (Fsp3) is 0.350. The van der Waals surface area contributed by atoms with Crippen molar-refractivity contribution in [3.8, 4) is 5.75 Å². The first-order valence-electron chi connectivity index (χ1n) is 9.22. The number of nitrogens with zero attached hydrogens (tertiary/aromatic N) is 3. The molecule has 0 bridgehead atoms. The molecule has 0 spiro atoms. The minimum absolute atomic E-state index is 0.0755. The van der Waals surface area contributed by atoms with Crippen LogP contribution in [0.1, 0.15) is 24.6 Å². The monoisotopic (exact) mass is 365 g/mol. The molecule has 1 fully saturated rings. The van der Waals surface area contributed by atoms with Crippen LogP contribution in [-0.2, 0) is 11.8 Å². The number of anilines is 1. The number of carbonyl (C=O) groups is 1. The molecular weight excluding hydrogens is 342 g/mol. The van der Waals surface area contributed by atoms with Crippen molar-refractivity contribution in [2.75, 3.05) is 25.0 Å². The summed E-state index contributed by atoms with van der Waals surface area (Å²) in [4.78, 5) is 16.8. The first-order chi connectivity index (χ1) is 13.2. The molecule has 1 saturated heterocycles. The van der Waals surface area contributed by atoms with E-state index in [9.17, 15) is 4.79 Å². The van der Waals surface area contributed by atoms with Gasteiger partial charge >= 0.3 is 0 Å². The van der Waals surface area contributed by atoms with E-state index in [-0.39, 0.29) is 12.5 Å². The molecular formula is C20H23N5O2. The Morgan fingerprint density at radius 2 is 2.00 bits per heavy atom. The van der Waals surface area contributed by atoms with E-state index in [1.54, 1.807) is 11.7 Å². The predicted molar refractivity (Wildman–Crippen MR) is 104 cm³/mol. The number of carbonyl (C=O) groups excluding carboxylic acids is 1. The lowest BCUT2D eigenvalue weighted by molar-refractivity contribution is -0.118. The van der Waals surface area contributed by atoms with E-state index in [2.05, 4.69) is 20.7 Å². The van der Waals surface area contributed by atoms with Gasteiger partial charge in [0.25, 0.3) is 5.91 Å². The predicted octanol–water partition coefficient (Wildman–Crippen LogP) is 2.45. The van der Waals surface area contributed by atoms with Crippen LogP contribution in [0, 0.1) is 0 Å². The highest BCUT2D eigenvalue weighted by molar-refractivity contribution is 5.90. The van der Waals surface area contributed by atoms with Gasteiger partial charge in [0.15, 0.2) is 12.4 Å². The third-order valence-electron chi connectivity index (χ3n) is 4.83. The Kier molecular flexibility index (Phi) is 5.02. The summed E-state index contributed by atoms with van der Waals surface area (Å²) in [5, 5.41) is 12.8. The molecule has 0 radical (unpaired) electrons. The van der Waals surface area contributed by atoms with Crippen molar-refractivity contribution in [3.63, 3.8) is 0 Å². The number of fused-ring (bicyclic) bond motifs is 1. The molecule has 0 unspecified atom stereocenters. The number of hydrogen-bond acceptors (Lipinski definition) is 5. The Balaban J connectivity index is 1.36. The van der Waals surface area contributed by atoms with E-state index in [1.807, 2.05) is 42.5 Å². The van der Waals surface area contributed by atoms with E-state index >= 15 is 0 Å². The number of rotatable bonds is 5. The Bertz CT molecular complexity index is 946. The number of aryl methyl sites for hydroxylation is 1. The van der Waals surface area contributed by atoms with Gasteiger partial charge in [0.1, 0.15) is 5.75 Å². The third kappa shape index (κ3) is 4.09. The topological polar surface area (TPSA) is 81.1 Å². The van der Waals surface area contributed by atoms with Crippen LogP contribution in [0.3, 0.4) is 0 Å². The van der Waals surface area contributed by atoms with E-state index in [4.69, 9.17) is 4.74 Å². The molecule has 27 heavy (non-hydrogen) atoms. The number of amides is 1. The summed E-state index contributed by atoms with van der Waals surface area (Å²) in [6.07, 6.45) is 2.03. The second-order valence-corrected chi connectivity index (χ2v) is 6.79. The van der Waals surface area contributed by atoms with Gasteiger partial charge in [-0.1, -0.05) is 30.3 Å². The molecule has 2 heterocycles. The molecule has 140 valence electrons. The van der Waals surface area contributed by atoms with Gasteiger partial charge in [-0.25, -0.2) is 4.68 Å². The molecule has 1 amide bonds. The van der Waals surface area contributed by atoms with Crippen LogP contribution in [0.15, 0.2) is 42.5 Å². The second-order valence-electron chi connectivity index (χ2n) is 6.79. The van der Waals surface area contributed by atoms with Crippen LogP contribution >= 0.6 is 0 Å². The molecule has 3 aromatic rings. The quantitative estimate of drug-likeness (QED) is 0.726. The SMILES string of the molecule is Cn1nc(C2CCNCC2)nc1NC(=O)COc1ccc2ccccc2c1. The van der Waals surface area contributed by atoms with E-state index < -0.39 is 0 Å². The van der Waals surface area contributed by atoms with Crippen molar-refractivity contribution in [2.24, 2.45) is 7.05 Å².